The van der Waals surface area contributed by atoms with Crippen LogP contribution in [0, 0.1) is 0 Å². The number of nitrogens with two attached hydrogens (primary N) is 1. The average molecular weight is 307 g/mol. The van der Waals surface area contributed by atoms with E-state index in [1.54, 1.807) is 13.8 Å². The second-order valence-corrected chi connectivity index (χ2v) is 6.72. The van der Waals surface area contributed by atoms with Crippen molar-refractivity contribution in [2.24, 2.45) is 5.73 Å². The van der Waals surface area contributed by atoms with E-state index in [1.807, 2.05) is 30.3 Å². The molecule has 3 N–H and O–H groups in total. The minimum Gasteiger partial charge on any atom is -0.480 e. The second kappa shape index (κ2) is 6.28. The third kappa shape index (κ3) is 3.83. The highest BCUT2D eigenvalue weighted by Gasteiger charge is 2.33. The third-order valence-electron chi connectivity index (χ3n) is 3.08. The van der Waals surface area contributed by atoms with Gasteiger partial charge in [0, 0.05) is 10.3 Å². The molecule has 1 aromatic carbocycles. The van der Waals surface area contributed by atoms with Crippen molar-refractivity contribution in [2.45, 2.75) is 30.4 Å². The lowest BCUT2D eigenvalue weighted by Gasteiger charge is -2.27. The lowest BCUT2D eigenvalue weighted by Crippen LogP contribution is -2.46. The Morgan fingerprint density at radius 1 is 1.43 bits per heavy atom. The molecule has 7 heteroatoms. The van der Waals surface area contributed by atoms with Gasteiger partial charge in [-0.15, -0.1) is 11.8 Å². The van der Waals surface area contributed by atoms with E-state index in [-0.39, 0.29) is 0 Å². The van der Waals surface area contributed by atoms with Crippen molar-refractivity contribution in [3.05, 3.63) is 36.2 Å². The molecule has 0 aliphatic heterocycles. The minimum absolute atomic E-state index is 0.435. The average Bonchev–Trinajstić information content (AvgIpc) is 2.94. The first-order valence-corrected chi connectivity index (χ1v) is 7.39. The van der Waals surface area contributed by atoms with Gasteiger partial charge in [0.15, 0.2) is 5.82 Å². The quantitative estimate of drug-likeness (QED) is 0.843. The molecule has 6 nitrogen and oxygen atoms in total. The van der Waals surface area contributed by atoms with Crippen molar-refractivity contribution in [1.82, 2.24) is 10.1 Å². The monoisotopic (exact) mass is 307 g/mol. The van der Waals surface area contributed by atoms with E-state index in [9.17, 15) is 4.79 Å². The van der Waals surface area contributed by atoms with Crippen LogP contribution in [-0.2, 0) is 10.5 Å². The Morgan fingerprint density at radius 2 is 2.10 bits per heavy atom. The summed E-state index contributed by atoms with van der Waals surface area (Å²) in [5, 5.41) is 12.9. The number of hydrogen-bond acceptors (Lipinski definition) is 6. The van der Waals surface area contributed by atoms with Crippen LogP contribution in [0.2, 0.25) is 0 Å². The first kappa shape index (κ1) is 15.5. The lowest BCUT2D eigenvalue weighted by molar-refractivity contribution is -0.139. The molecule has 1 heterocycles. The van der Waals surface area contributed by atoms with Crippen LogP contribution < -0.4 is 5.73 Å². The highest BCUT2D eigenvalue weighted by Crippen LogP contribution is 2.30. The van der Waals surface area contributed by atoms with Gasteiger partial charge in [-0.2, -0.15) is 4.98 Å². The summed E-state index contributed by atoms with van der Waals surface area (Å²) in [6.07, 6.45) is 0. The molecule has 2 rings (SSSR count). The maximum atomic E-state index is 11.0. The van der Waals surface area contributed by atoms with Gasteiger partial charge < -0.3 is 15.4 Å². The Morgan fingerprint density at radius 3 is 2.71 bits per heavy atom. The fourth-order valence-corrected chi connectivity index (χ4v) is 2.55. The first-order valence-electron chi connectivity index (χ1n) is 6.40. The van der Waals surface area contributed by atoms with E-state index in [0.717, 1.165) is 5.56 Å². The van der Waals surface area contributed by atoms with Crippen molar-refractivity contribution in [1.29, 1.82) is 0 Å². The topological polar surface area (TPSA) is 102 Å². The predicted molar refractivity (Wildman–Crippen MR) is 80.7 cm³/mol. The molecule has 112 valence electrons. The third-order valence-corrected chi connectivity index (χ3v) is 4.48. The van der Waals surface area contributed by atoms with E-state index in [4.69, 9.17) is 15.4 Å². The molecule has 0 saturated carbocycles. The Bertz CT molecular complexity index is 613. The van der Waals surface area contributed by atoms with Gasteiger partial charge >= 0.3 is 5.97 Å². The van der Waals surface area contributed by atoms with E-state index in [0.29, 0.717) is 17.5 Å². The highest BCUT2D eigenvalue weighted by atomic mass is 32.2. The second-order valence-electron chi connectivity index (χ2n) is 5.09. The van der Waals surface area contributed by atoms with E-state index >= 15 is 0 Å². The van der Waals surface area contributed by atoms with E-state index in [1.165, 1.54) is 11.8 Å². The molecule has 2 aromatic rings. The molecule has 1 aromatic heterocycles. The summed E-state index contributed by atoms with van der Waals surface area (Å²) in [7, 11) is 0. The summed E-state index contributed by atoms with van der Waals surface area (Å²) in [4.78, 5) is 15.3. The molecule has 0 radical (unpaired) electrons. The van der Waals surface area contributed by atoms with E-state index in [2.05, 4.69) is 10.1 Å². The van der Waals surface area contributed by atoms with Crippen LogP contribution in [0.4, 0.5) is 0 Å². The SMILES string of the molecule is CC(C)(SCc1noc(-c2ccccc2)n1)[C@H](N)C(=O)O. The van der Waals surface area contributed by atoms with Crippen molar-refractivity contribution in [3.63, 3.8) is 0 Å². The summed E-state index contributed by atoms with van der Waals surface area (Å²) < 4.78 is 4.58. The van der Waals surface area contributed by atoms with Crippen molar-refractivity contribution in [2.75, 3.05) is 0 Å². The van der Waals surface area contributed by atoms with Crippen molar-refractivity contribution in [3.8, 4) is 11.5 Å². The van der Waals surface area contributed by atoms with Crippen LogP contribution in [0.25, 0.3) is 11.5 Å². The molecule has 0 amide bonds. The molecule has 21 heavy (non-hydrogen) atoms. The van der Waals surface area contributed by atoms with Gasteiger partial charge in [-0.25, -0.2) is 0 Å². The molecule has 1 atom stereocenters. The number of nitrogens with zero attached hydrogens (tertiary/aromatic N) is 2. The summed E-state index contributed by atoms with van der Waals surface area (Å²) in [6.45, 7) is 3.57. The van der Waals surface area contributed by atoms with Gasteiger partial charge in [0.2, 0.25) is 0 Å². The predicted octanol–water partition coefficient (Wildman–Crippen LogP) is 2.16. The number of aromatic nitrogens is 2. The molecule has 0 unspecified atom stereocenters. The van der Waals surface area contributed by atoms with Crippen LogP contribution in [0.15, 0.2) is 34.9 Å². The van der Waals surface area contributed by atoms with Crippen LogP contribution in [0.5, 0.6) is 0 Å². The van der Waals surface area contributed by atoms with Gasteiger partial charge in [-0.1, -0.05) is 23.4 Å². The summed E-state index contributed by atoms with van der Waals surface area (Å²) >= 11 is 1.39. The number of rotatable bonds is 6. The molecular formula is C14H17N3O3S. The zero-order valence-corrected chi connectivity index (χ0v) is 12.6. The van der Waals surface area contributed by atoms with Crippen molar-refractivity contribution < 1.29 is 14.4 Å². The summed E-state index contributed by atoms with van der Waals surface area (Å²) in [6, 6.07) is 8.50. The molecular weight excluding hydrogens is 290 g/mol. The highest BCUT2D eigenvalue weighted by molar-refractivity contribution is 7.99. The fourth-order valence-electron chi connectivity index (χ4n) is 1.65. The standard InChI is InChI=1S/C14H17N3O3S/c1-14(2,11(15)13(18)19)21-8-10-16-12(20-17-10)9-6-4-3-5-7-9/h3-7,11H,8,15H2,1-2H3,(H,18,19)/t11-/m1/s1. The molecule has 0 saturated heterocycles. The Kier molecular flexibility index (Phi) is 4.64. The van der Waals surface area contributed by atoms with Gasteiger partial charge in [0.05, 0.1) is 5.75 Å². The van der Waals surface area contributed by atoms with Crippen LogP contribution in [0.3, 0.4) is 0 Å². The maximum Gasteiger partial charge on any atom is 0.321 e. The van der Waals surface area contributed by atoms with Gasteiger partial charge in [-0.05, 0) is 26.0 Å². The number of hydrogen-bond donors (Lipinski definition) is 2. The van der Waals surface area contributed by atoms with Crippen LogP contribution in [-0.4, -0.2) is 32.0 Å². The van der Waals surface area contributed by atoms with Gasteiger partial charge in [0.25, 0.3) is 5.89 Å². The minimum atomic E-state index is -1.02. The number of carboxylic acids is 1. The molecule has 0 aliphatic carbocycles. The fraction of sp³-hybridized carbons (Fsp3) is 0.357. The number of aliphatic carboxylic acids is 1. The smallest absolute Gasteiger partial charge is 0.321 e. The Balaban J connectivity index is 2.02. The number of benzene rings is 1. The lowest BCUT2D eigenvalue weighted by atomic mass is 10.1. The van der Waals surface area contributed by atoms with Crippen molar-refractivity contribution >= 4 is 17.7 Å². The van der Waals surface area contributed by atoms with Crippen LogP contribution >= 0.6 is 11.8 Å². The molecule has 0 spiro atoms. The Hall–Kier alpha value is -1.86. The Labute approximate surface area is 126 Å². The van der Waals surface area contributed by atoms with Gasteiger partial charge in [-0.3, -0.25) is 4.79 Å². The molecule has 0 aliphatic rings. The zero-order valence-electron chi connectivity index (χ0n) is 11.8. The summed E-state index contributed by atoms with van der Waals surface area (Å²) in [5.41, 5.74) is 6.52. The zero-order chi connectivity index (χ0) is 15.5. The maximum absolute atomic E-state index is 11.0. The van der Waals surface area contributed by atoms with Crippen LogP contribution in [0.1, 0.15) is 19.7 Å². The largest absolute Gasteiger partial charge is 0.480 e. The number of carbonyl (C=O) groups is 1. The molecule has 0 fully saturated rings. The first-order chi connectivity index (χ1) is 9.90. The molecule has 0 bridgehead atoms. The van der Waals surface area contributed by atoms with E-state index < -0.39 is 16.8 Å². The summed E-state index contributed by atoms with van der Waals surface area (Å²) in [5.74, 6) is 0.381. The number of carboxylic acid groups (broad SMARTS) is 1. The number of thioether (sulfide) groups is 1. The normalized spacial score (nSPS) is 13.1. The van der Waals surface area contributed by atoms with Gasteiger partial charge in [0.1, 0.15) is 6.04 Å².